The Bertz CT molecular complexity index is 1070. The number of benzene rings is 1. The van der Waals surface area contributed by atoms with Gasteiger partial charge < -0.3 is 25.6 Å². The van der Waals surface area contributed by atoms with Gasteiger partial charge in [0.1, 0.15) is 12.4 Å². The molecule has 34 heavy (non-hydrogen) atoms. The average Bonchev–Trinajstić information content (AvgIpc) is 2.84. The third-order valence-electron chi connectivity index (χ3n) is 7.17. The van der Waals surface area contributed by atoms with Gasteiger partial charge in [0.2, 0.25) is 0 Å². The topological polar surface area (TPSA) is 99.8 Å². The van der Waals surface area contributed by atoms with E-state index in [4.69, 9.17) is 22.1 Å². The lowest BCUT2D eigenvalue weighted by atomic mass is 10.00. The molecule has 0 bridgehead atoms. The quantitative estimate of drug-likeness (QED) is 0.666. The number of carbonyl (C=O) groups excluding carboxylic acids is 1. The first-order valence-corrected chi connectivity index (χ1v) is 12.4. The molecule has 3 aliphatic heterocycles. The lowest BCUT2D eigenvalue weighted by Crippen LogP contribution is -2.60. The zero-order valence-electron chi connectivity index (χ0n) is 19.8. The summed E-state index contributed by atoms with van der Waals surface area (Å²) in [6, 6.07) is 6.99. The number of likely N-dealkylation sites (tertiary alicyclic amines) is 1. The van der Waals surface area contributed by atoms with Crippen LogP contribution in [0.1, 0.15) is 35.9 Å². The summed E-state index contributed by atoms with van der Waals surface area (Å²) < 4.78 is 6.19. The Morgan fingerprint density at radius 2 is 2.00 bits per heavy atom. The summed E-state index contributed by atoms with van der Waals surface area (Å²) in [6.45, 7) is 8.01. The van der Waals surface area contributed by atoms with Crippen molar-refractivity contribution in [1.29, 1.82) is 0 Å². The van der Waals surface area contributed by atoms with Gasteiger partial charge in [0.05, 0.1) is 17.4 Å². The molecule has 182 valence electrons. The highest BCUT2D eigenvalue weighted by molar-refractivity contribution is 6.30. The van der Waals surface area contributed by atoms with Gasteiger partial charge in [-0.05, 0) is 51.5 Å². The molecule has 0 spiro atoms. The third-order valence-corrected chi connectivity index (χ3v) is 7.47. The predicted octanol–water partition coefficient (Wildman–Crippen LogP) is 2.51. The molecule has 9 nitrogen and oxygen atoms in total. The molecule has 5 rings (SSSR count). The minimum atomic E-state index is -0.652. The van der Waals surface area contributed by atoms with E-state index in [-0.39, 0.29) is 16.7 Å². The van der Waals surface area contributed by atoms with Crippen molar-refractivity contribution in [2.75, 3.05) is 56.6 Å². The molecule has 10 heteroatoms. The summed E-state index contributed by atoms with van der Waals surface area (Å²) in [4.78, 5) is 28.1. The van der Waals surface area contributed by atoms with Gasteiger partial charge in [0, 0.05) is 37.4 Å². The molecule has 2 saturated heterocycles. The van der Waals surface area contributed by atoms with Crippen LogP contribution in [0.2, 0.25) is 5.15 Å². The highest BCUT2D eigenvalue weighted by atomic mass is 35.5. The lowest BCUT2D eigenvalue weighted by molar-refractivity contribution is 0.0868. The Hall–Kier alpha value is -2.62. The normalized spacial score (nSPS) is 21.5. The molecule has 3 N–H and O–H groups in total. The van der Waals surface area contributed by atoms with Crippen molar-refractivity contribution in [2.24, 2.45) is 5.73 Å². The Morgan fingerprint density at radius 1 is 1.21 bits per heavy atom. The van der Waals surface area contributed by atoms with E-state index < -0.39 is 5.91 Å². The van der Waals surface area contributed by atoms with Crippen LogP contribution in [0.5, 0.6) is 5.75 Å². The molecule has 1 amide bonds. The molecule has 1 aromatic heterocycles. The van der Waals surface area contributed by atoms with E-state index in [2.05, 4.69) is 43.1 Å². The molecule has 1 aromatic carbocycles. The molecule has 2 aromatic rings. The number of fused-ring (bicyclic) bond motifs is 3. The van der Waals surface area contributed by atoms with Crippen molar-refractivity contribution in [3.63, 3.8) is 0 Å². The molecule has 0 saturated carbocycles. The van der Waals surface area contributed by atoms with Crippen molar-refractivity contribution in [1.82, 2.24) is 19.8 Å². The number of hydrogen-bond acceptors (Lipinski definition) is 8. The number of nitrogens with zero attached hydrogens (tertiary/aromatic N) is 5. The maximum absolute atomic E-state index is 11.9. The maximum Gasteiger partial charge on any atom is 0.271 e. The second kappa shape index (κ2) is 9.56. The third kappa shape index (κ3) is 4.52. The fourth-order valence-corrected chi connectivity index (χ4v) is 5.49. The minimum absolute atomic E-state index is 0.0741. The summed E-state index contributed by atoms with van der Waals surface area (Å²) in [5, 5.41) is 3.41. The monoisotopic (exact) mass is 485 g/mol. The second-order valence-electron chi connectivity index (χ2n) is 9.37. The van der Waals surface area contributed by atoms with Crippen LogP contribution in [0.15, 0.2) is 18.2 Å². The summed E-state index contributed by atoms with van der Waals surface area (Å²) in [5.74, 6) is 0.412. The summed E-state index contributed by atoms with van der Waals surface area (Å²) in [7, 11) is 2.21. The fourth-order valence-electron chi connectivity index (χ4n) is 5.23. The number of piperidine rings is 1. The Morgan fingerprint density at radius 3 is 2.74 bits per heavy atom. The zero-order chi connectivity index (χ0) is 23.8. The number of carbonyl (C=O) groups is 1. The molecule has 0 aliphatic carbocycles. The summed E-state index contributed by atoms with van der Waals surface area (Å²) >= 11 is 6.24. The number of nitrogens with two attached hydrogens (primary N) is 1. The van der Waals surface area contributed by atoms with Crippen LogP contribution < -0.4 is 20.7 Å². The second-order valence-corrected chi connectivity index (χ2v) is 9.73. The fraction of sp³-hybridized carbons (Fsp3) is 0.542. The molecule has 1 atom stereocenters. The number of anilines is 3. The van der Waals surface area contributed by atoms with E-state index in [1.165, 1.54) is 25.9 Å². The number of aryl methyl sites for hydroxylation is 1. The van der Waals surface area contributed by atoms with E-state index >= 15 is 0 Å². The van der Waals surface area contributed by atoms with E-state index in [1.54, 1.807) is 0 Å². The zero-order valence-corrected chi connectivity index (χ0v) is 20.5. The van der Waals surface area contributed by atoms with Crippen molar-refractivity contribution in [3.8, 4) is 5.75 Å². The standard InChI is InChI=1S/C24H32ClN7O2/c1-3-18-22(25)29-24(21(28-18)23(26)33)27-15-4-5-19-20(12-15)34-14-17-13-31(10-11-32(17)19)16-6-8-30(2)9-7-16/h4-5,12,16-17H,3,6-11,13-14H2,1-2H3,(H2,26,33)(H,27,29)/t17-/m1/s1. The van der Waals surface area contributed by atoms with Gasteiger partial charge in [-0.3, -0.25) is 9.69 Å². The molecule has 0 unspecified atom stereocenters. The summed E-state index contributed by atoms with van der Waals surface area (Å²) in [5.41, 5.74) is 7.99. The van der Waals surface area contributed by atoms with Crippen molar-refractivity contribution in [3.05, 3.63) is 34.7 Å². The van der Waals surface area contributed by atoms with E-state index in [1.807, 2.05) is 19.1 Å². The van der Waals surface area contributed by atoms with Crippen molar-refractivity contribution < 1.29 is 9.53 Å². The number of rotatable bonds is 5. The Kier molecular flexibility index (Phi) is 6.50. The van der Waals surface area contributed by atoms with Crippen LogP contribution in [0, 0.1) is 0 Å². The number of nitrogens with one attached hydrogen (secondary N) is 1. The first kappa shape index (κ1) is 23.1. The average molecular weight is 486 g/mol. The number of amides is 1. The Balaban J connectivity index is 1.31. The van der Waals surface area contributed by atoms with Crippen molar-refractivity contribution in [2.45, 2.75) is 38.3 Å². The van der Waals surface area contributed by atoms with Crippen LogP contribution in [-0.4, -0.2) is 84.1 Å². The molecular formula is C24H32ClN7O2. The minimum Gasteiger partial charge on any atom is -0.489 e. The lowest BCUT2D eigenvalue weighted by Gasteiger charge is -2.48. The van der Waals surface area contributed by atoms with E-state index in [9.17, 15) is 4.79 Å². The summed E-state index contributed by atoms with van der Waals surface area (Å²) in [6.07, 6.45) is 3.05. The van der Waals surface area contributed by atoms with Crippen LogP contribution in [0.3, 0.4) is 0 Å². The molecule has 0 radical (unpaired) electrons. The van der Waals surface area contributed by atoms with E-state index in [0.29, 0.717) is 30.8 Å². The van der Waals surface area contributed by atoms with E-state index in [0.717, 1.165) is 36.8 Å². The number of halogens is 1. The largest absolute Gasteiger partial charge is 0.489 e. The van der Waals surface area contributed by atoms with Gasteiger partial charge in [-0.15, -0.1) is 0 Å². The van der Waals surface area contributed by atoms with Crippen LogP contribution in [0.4, 0.5) is 17.2 Å². The smallest absolute Gasteiger partial charge is 0.271 e. The highest BCUT2D eigenvalue weighted by Gasteiger charge is 2.36. The highest BCUT2D eigenvalue weighted by Crippen LogP contribution is 2.38. The van der Waals surface area contributed by atoms with Crippen molar-refractivity contribution >= 4 is 34.7 Å². The van der Waals surface area contributed by atoms with Gasteiger partial charge in [-0.1, -0.05) is 18.5 Å². The molecular weight excluding hydrogens is 454 g/mol. The van der Waals surface area contributed by atoms with Gasteiger partial charge in [0.25, 0.3) is 5.91 Å². The molecule has 4 heterocycles. The molecule has 3 aliphatic rings. The number of primary amides is 1. The van der Waals surface area contributed by atoms with Crippen LogP contribution in [-0.2, 0) is 6.42 Å². The van der Waals surface area contributed by atoms with Crippen LogP contribution >= 0.6 is 11.6 Å². The van der Waals surface area contributed by atoms with Gasteiger partial charge in [-0.2, -0.15) is 0 Å². The van der Waals surface area contributed by atoms with Gasteiger partial charge >= 0.3 is 0 Å². The SMILES string of the molecule is CCc1nc(C(N)=O)c(Nc2ccc3c(c2)OC[C@H]2CN(C4CCN(C)CC4)CCN32)nc1Cl. The first-order valence-electron chi connectivity index (χ1n) is 12.0. The van der Waals surface area contributed by atoms with Gasteiger partial charge in [-0.25, -0.2) is 9.97 Å². The van der Waals surface area contributed by atoms with Gasteiger partial charge in [0.15, 0.2) is 16.7 Å². The number of ether oxygens (including phenoxy) is 1. The Labute approximate surface area is 205 Å². The number of piperazine rings is 1. The first-order chi connectivity index (χ1) is 16.4. The predicted molar refractivity (Wildman–Crippen MR) is 133 cm³/mol. The maximum atomic E-state index is 11.9. The number of aromatic nitrogens is 2. The molecule has 2 fully saturated rings. The number of hydrogen-bond donors (Lipinski definition) is 2. The van der Waals surface area contributed by atoms with Crippen LogP contribution in [0.25, 0.3) is 0 Å².